The Morgan fingerprint density at radius 3 is 2.48 bits per heavy atom. The molecule has 0 aromatic heterocycles. The standard InChI is InChI=1S/C22H25N3O6/c1-13(2)12-25-18(26)14-8-7-9-15(16(14)19(25)27)23-24-17-20(28)30-22(31-21(17)29-3)10-5-4-6-11-22/h7-9,13H,4-6,10-12H2,1-3H3. The average molecular weight is 427 g/mol. The number of benzene rings is 1. The van der Waals surface area contributed by atoms with E-state index in [4.69, 9.17) is 14.2 Å². The van der Waals surface area contributed by atoms with Gasteiger partial charge in [0.1, 0.15) is 0 Å². The molecule has 0 bridgehead atoms. The molecule has 2 heterocycles. The van der Waals surface area contributed by atoms with Gasteiger partial charge in [-0.25, -0.2) is 4.79 Å². The van der Waals surface area contributed by atoms with Crippen molar-refractivity contribution in [2.45, 2.75) is 51.7 Å². The Hall–Kier alpha value is -3.23. The third kappa shape index (κ3) is 3.80. The summed E-state index contributed by atoms with van der Waals surface area (Å²) in [5.41, 5.74) is 0.417. The lowest BCUT2D eigenvalue weighted by molar-refractivity contribution is -0.252. The van der Waals surface area contributed by atoms with Crippen LogP contribution in [0.4, 0.5) is 5.69 Å². The fourth-order valence-electron chi connectivity index (χ4n) is 4.09. The first-order valence-corrected chi connectivity index (χ1v) is 10.5. The second kappa shape index (κ2) is 8.13. The minimum absolute atomic E-state index is 0.0571. The molecule has 1 aromatic carbocycles. The summed E-state index contributed by atoms with van der Waals surface area (Å²) in [6.45, 7) is 4.16. The fourth-order valence-corrected chi connectivity index (χ4v) is 4.09. The number of amides is 2. The first-order valence-electron chi connectivity index (χ1n) is 10.5. The second-order valence-corrected chi connectivity index (χ2v) is 8.32. The second-order valence-electron chi connectivity index (χ2n) is 8.32. The molecule has 31 heavy (non-hydrogen) atoms. The molecule has 9 heteroatoms. The maximum absolute atomic E-state index is 12.9. The van der Waals surface area contributed by atoms with Crippen LogP contribution in [0.2, 0.25) is 0 Å². The van der Waals surface area contributed by atoms with Crippen LogP contribution < -0.4 is 0 Å². The molecule has 1 aliphatic carbocycles. The predicted octanol–water partition coefficient (Wildman–Crippen LogP) is 4.07. The Labute approximate surface area is 180 Å². The van der Waals surface area contributed by atoms with Gasteiger partial charge in [-0.3, -0.25) is 14.5 Å². The van der Waals surface area contributed by atoms with E-state index >= 15 is 0 Å². The molecule has 0 unspecified atom stereocenters. The van der Waals surface area contributed by atoms with Gasteiger partial charge in [-0.15, -0.1) is 10.2 Å². The fraction of sp³-hybridized carbons (Fsp3) is 0.500. The van der Waals surface area contributed by atoms with Crippen LogP contribution in [0.5, 0.6) is 0 Å². The molecule has 3 aliphatic rings. The highest BCUT2D eigenvalue weighted by Crippen LogP contribution is 2.40. The van der Waals surface area contributed by atoms with Crippen molar-refractivity contribution in [2.75, 3.05) is 13.7 Å². The zero-order chi connectivity index (χ0) is 22.2. The van der Waals surface area contributed by atoms with Gasteiger partial charge >= 0.3 is 11.9 Å². The molecule has 1 fully saturated rings. The number of methoxy groups -OCH3 is 1. The summed E-state index contributed by atoms with van der Waals surface area (Å²) in [7, 11) is 1.38. The van der Waals surface area contributed by atoms with Crippen molar-refractivity contribution in [3.63, 3.8) is 0 Å². The van der Waals surface area contributed by atoms with Gasteiger partial charge in [0, 0.05) is 19.4 Å². The van der Waals surface area contributed by atoms with Gasteiger partial charge in [-0.2, -0.15) is 0 Å². The number of rotatable bonds is 5. The monoisotopic (exact) mass is 427 g/mol. The van der Waals surface area contributed by atoms with E-state index in [0.717, 1.165) is 19.3 Å². The summed E-state index contributed by atoms with van der Waals surface area (Å²) >= 11 is 0. The molecule has 1 spiro atoms. The first-order chi connectivity index (χ1) is 14.8. The van der Waals surface area contributed by atoms with Crippen LogP contribution in [0.15, 0.2) is 40.1 Å². The van der Waals surface area contributed by atoms with Gasteiger partial charge < -0.3 is 14.2 Å². The molecule has 0 radical (unpaired) electrons. The van der Waals surface area contributed by atoms with E-state index in [1.165, 1.54) is 12.0 Å². The van der Waals surface area contributed by atoms with Crippen molar-refractivity contribution in [3.05, 3.63) is 41.0 Å². The van der Waals surface area contributed by atoms with Gasteiger partial charge in [0.05, 0.1) is 23.9 Å². The Balaban J connectivity index is 1.65. The Bertz CT molecular complexity index is 991. The molecular formula is C22H25N3O6. The van der Waals surface area contributed by atoms with Gasteiger partial charge in [-0.1, -0.05) is 26.3 Å². The summed E-state index contributed by atoms with van der Waals surface area (Å²) in [6.07, 6.45) is 4.01. The number of nitrogens with zero attached hydrogens (tertiary/aromatic N) is 3. The lowest BCUT2D eigenvalue weighted by Crippen LogP contribution is -2.44. The number of hydrogen-bond donors (Lipinski definition) is 0. The number of carbonyl (C=O) groups is 3. The molecule has 0 N–H and O–H groups in total. The van der Waals surface area contributed by atoms with E-state index in [1.807, 2.05) is 13.8 Å². The average Bonchev–Trinajstić information content (AvgIpc) is 2.98. The van der Waals surface area contributed by atoms with E-state index in [1.54, 1.807) is 18.2 Å². The quantitative estimate of drug-likeness (QED) is 0.398. The van der Waals surface area contributed by atoms with Crippen LogP contribution in [-0.2, 0) is 19.0 Å². The van der Waals surface area contributed by atoms with Gasteiger partial charge in [0.2, 0.25) is 0 Å². The van der Waals surface area contributed by atoms with E-state index < -0.39 is 17.7 Å². The summed E-state index contributed by atoms with van der Waals surface area (Å²) in [5.74, 6) is -2.42. The summed E-state index contributed by atoms with van der Waals surface area (Å²) < 4.78 is 16.7. The van der Waals surface area contributed by atoms with Crippen molar-refractivity contribution in [1.29, 1.82) is 0 Å². The highest BCUT2D eigenvalue weighted by Gasteiger charge is 2.46. The zero-order valence-corrected chi connectivity index (χ0v) is 17.8. The Morgan fingerprint density at radius 2 is 1.81 bits per heavy atom. The predicted molar refractivity (Wildman–Crippen MR) is 108 cm³/mol. The number of esters is 1. The third-order valence-corrected chi connectivity index (χ3v) is 5.53. The van der Waals surface area contributed by atoms with Gasteiger partial charge in [0.15, 0.2) is 0 Å². The molecule has 0 saturated heterocycles. The highest BCUT2D eigenvalue weighted by molar-refractivity contribution is 6.23. The van der Waals surface area contributed by atoms with Crippen LogP contribution in [0.25, 0.3) is 0 Å². The maximum Gasteiger partial charge on any atom is 0.369 e. The number of fused-ring (bicyclic) bond motifs is 1. The first kappa shape index (κ1) is 21.0. The van der Waals surface area contributed by atoms with Crippen molar-refractivity contribution in [1.82, 2.24) is 4.90 Å². The third-order valence-electron chi connectivity index (χ3n) is 5.53. The highest BCUT2D eigenvalue weighted by atomic mass is 16.8. The molecular weight excluding hydrogens is 402 g/mol. The number of carbonyl (C=O) groups excluding carboxylic acids is 3. The van der Waals surface area contributed by atoms with Crippen molar-refractivity contribution in [2.24, 2.45) is 16.1 Å². The lowest BCUT2D eigenvalue weighted by Gasteiger charge is -2.39. The largest absolute Gasteiger partial charge is 0.467 e. The minimum Gasteiger partial charge on any atom is -0.467 e. The SMILES string of the molecule is COC1=C(N=Nc2cccc3c2C(=O)N(CC(C)C)C3=O)C(=O)OC2(CCCCC2)O1. The zero-order valence-electron chi connectivity index (χ0n) is 17.8. The van der Waals surface area contributed by atoms with E-state index in [-0.39, 0.29) is 40.3 Å². The molecule has 4 rings (SSSR count). The lowest BCUT2D eigenvalue weighted by atomic mass is 9.93. The minimum atomic E-state index is -1.02. The molecule has 1 aromatic rings. The number of hydrogen-bond acceptors (Lipinski definition) is 8. The number of ether oxygens (including phenoxy) is 3. The molecule has 1 saturated carbocycles. The van der Waals surface area contributed by atoms with Crippen LogP contribution in [0, 0.1) is 5.92 Å². The Kier molecular flexibility index (Phi) is 5.51. The summed E-state index contributed by atoms with van der Waals surface area (Å²) in [5, 5.41) is 8.07. The van der Waals surface area contributed by atoms with Crippen molar-refractivity contribution < 1.29 is 28.6 Å². The molecule has 9 nitrogen and oxygen atoms in total. The van der Waals surface area contributed by atoms with Crippen molar-refractivity contribution >= 4 is 23.5 Å². The molecule has 164 valence electrons. The van der Waals surface area contributed by atoms with E-state index in [0.29, 0.717) is 19.4 Å². The maximum atomic E-state index is 12.9. The van der Waals surface area contributed by atoms with Gasteiger partial charge in [0.25, 0.3) is 23.3 Å². The van der Waals surface area contributed by atoms with Crippen molar-refractivity contribution in [3.8, 4) is 0 Å². The van der Waals surface area contributed by atoms with E-state index in [9.17, 15) is 14.4 Å². The number of azo groups is 1. The normalized spacial score (nSPS) is 20.5. The number of imide groups is 1. The van der Waals surface area contributed by atoms with Crippen LogP contribution >= 0.6 is 0 Å². The van der Waals surface area contributed by atoms with E-state index in [2.05, 4.69) is 10.2 Å². The molecule has 2 amide bonds. The summed E-state index contributed by atoms with van der Waals surface area (Å²) in [4.78, 5) is 39.4. The van der Waals surface area contributed by atoms with Crippen LogP contribution in [-0.4, -0.2) is 42.1 Å². The van der Waals surface area contributed by atoms with Gasteiger partial charge in [-0.05, 0) is 30.9 Å². The Morgan fingerprint density at radius 1 is 1.06 bits per heavy atom. The topological polar surface area (TPSA) is 107 Å². The van der Waals surface area contributed by atoms with Crippen LogP contribution in [0.3, 0.4) is 0 Å². The molecule has 2 aliphatic heterocycles. The molecule has 0 atom stereocenters. The smallest absolute Gasteiger partial charge is 0.369 e. The van der Waals surface area contributed by atoms with Crippen LogP contribution in [0.1, 0.15) is 66.7 Å². The summed E-state index contributed by atoms with van der Waals surface area (Å²) in [6, 6.07) is 4.77.